The molecule has 11 heavy (non-hydrogen) atoms. The van der Waals surface area contributed by atoms with Crippen LogP contribution in [-0.4, -0.2) is 51.3 Å². The van der Waals surface area contributed by atoms with E-state index in [0.717, 1.165) is 26.2 Å². The molecule has 0 aromatic heterocycles. The molecule has 0 N–H and O–H groups in total. The van der Waals surface area contributed by atoms with Crippen LogP contribution in [0.25, 0.3) is 0 Å². The largest absolute Gasteiger partial charge is 0.383 e. The van der Waals surface area contributed by atoms with E-state index in [1.165, 1.54) is 6.42 Å². The molecule has 1 unspecified atom stereocenters. The highest BCUT2D eigenvalue weighted by molar-refractivity contribution is 4.74. The summed E-state index contributed by atoms with van der Waals surface area (Å²) in [5.74, 6) is 0. The van der Waals surface area contributed by atoms with Gasteiger partial charge in [0.25, 0.3) is 0 Å². The molecule has 1 aliphatic heterocycles. The van der Waals surface area contributed by atoms with Crippen LogP contribution < -0.4 is 5.32 Å². The fourth-order valence-electron chi connectivity index (χ4n) is 1.37. The molecule has 65 valence electrons. The fourth-order valence-corrected chi connectivity index (χ4v) is 1.37. The first-order valence-corrected chi connectivity index (χ1v) is 4.17. The minimum atomic E-state index is 0.502. The summed E-state index contributed by atoms with van der Waals surface area (Å²) in [6.45, 7) is 3.91. The molecule has 1 aliphatic rings. The summed E-state index contributed by atoms with van der Waals surface area (Å²) in [4.78, 5) is 2.33. The topological polar surface area (TPSA) is 26.6 Å². The van der Waals surface area contributed by atoms with Crippen molar-refractivity contribution in [2.24, 2.45) is 0 Å². The van der Waals surface area contributed by atoms with Crippen LogP contribution in [0.4, 0.5) is 0 Å². The molecule has 3 heteroatoms. The summed E-state index contributed by atoms with van der Waals surface area (Å²) in [6.07, 6.45) is 1.19. The first kappa shape index (κ1) is 8.97. The highest BCUT2D eigenvalue weighted by Gasteiger charge is 2.16. The zero-order valence-electron chi connectivity index (χ0n) is 7.42. The van der Waals surface area contributed by atoms with Crippen LogP contribution in [-0.2, 0) is 4.74 Å². The van der Waals surface area contributed by atoms with Gasteiger partial charge in [-0.2, -0.15) is 0 Å². The van der Waals surface area contributed by atoms with Crippen LogP contribution in [0.15, 0.2) is 0 Å². The maximum atomic E-state index is 5.11. The van der Waals surface area contributed by atoms with Crippen molar-refractivity contribution in [3.05, 3.63) is 0 Å². The SMILES string of the molecule is COCC1C[N]CCCN1C. The van der Waals surface area contributed by atoms with Gasteiger partial charge < -0.3 is 4.74 Å². The van der Waals surface area contributed by atoms with E-state index in [4.69, 9.17) is 4.74 Å². The van der Waals surface area contributed by atoms with Crippen LogP contribution in [0, 0.1) is 0 Å². The second kappa shape index (κ2) is 4.70. The van der Waals surface area contributed by atoms with Gasteiger partial charge in [-0.15, -0.1) is 0 Å². The number of methoxy groups -OCH3 is 1. The van der Waals surface area contributed by atoms with E-state index in [1.54, 1.807) is 7.11 Å². The van der Waals surface area contributed by atoms with Gasteiger partial charge in [0.15, 0.2) is 0 Å². The number of hydrogen-bond donors (Lipinski definition) is 0. The molecule has 1 atom stereocenters. The molecule has 1 radical (unpaired) electrons. The van der Waals surface area contributed by atoms with Gasteiger partial charge in [0, 0.05) is 26.2 Å². The Morgan fingerprint density at radius 2 is 2.45 bits per heavy atom. The number of nitrogens with zero attached hydrogens (tertiary/aromatic N) is 2. The zero-order chi connectivity index (χ0) is 8.10. The lowest BCUT2D eigenvalue weighted by atomic mass is 10.3. The van der Waals surface area contributed by atoms with E-state index in [1.807, 2.05) is 0 Å². The van der Waals surface area contributed by atoms with Crippen molar-refractivity contribution in [3.63, 3.8) is 0 Å². The lowest BCUT2D eigenvalue weighted by Gasteiger charge is -2.23. The van der Waals surface area contributed by atoms with Crippen LogP contribution in [0.5, 0.6) is 0 Å². The van der Waals surface area contributed by atoms with E-state index in [-0.39, 0.29) is 0 Å². The maximum absolute atomic E-state index is 5.11. The first-order chi connectivity index (χ1) is 5.34. The number of rotatable bonds is 2. The number of likely N-dealkylation sites (N-methyl/N-ethyl adjacent to an activating group) is 1. The lowest BCUT2D eigenvalue weighted by Crippen LogP contribution is -2.38. The van der Waals surface area contributed by atoms with Crippen molar-refractivity contribution >= 4 is 0 Å². The number of ether oxygens (including phenoxy) is 1. The molecular formula is C8H17N2O. The van der Waals surface area contributed by atoms with Gasteiger partial charge in [0.05, 0.1) is 6.61 Å². The van der Waals surface area contributed by atoms with Gasteiger partial charge in [-0.1, -0.05) is 0 Å². The second-order valence-electron chi connectivity index (χ2n) is 3.07. The predicted octanol–water partition coefficient (Wildman–Crippen LogP) is -0.0587. The summed E-state index contributed by atoms with van der Waals surface area (Å²) in [6, 6.07) is 0.502. The minimum Gasteiger partial charge on any atom is -0.383 e. The third-order valence-electron chi connectivity index (χ3n) is 2.15. The quantitative estimate of drug-likeness (QED) is 0.561. The maximum Gasteiger partial charge on any atom is 0.0630 e. The van der Waals surface area contributed by atoms with Crippen LogP contribution in [0.2, 0.25) is 0 Å². The monoisotopic (exact) mass is 157 g/mol. The molecule has 0 saturated carbocycles. The fraction of sp³-hybridized carbons (Fsp3) is 1.00. The molecule has 0 aromatic carbocycles. The van der Waals surface area contributed by atoms with E-state index in [2.05, 4.69) is 17.3 Å². The summed E-state index contributed by atoms with van der Waals surface area (Å²) in [5, 5.41) is 4.40. The highest BCUT2D eigenvalue weighted by atomic mass is 16.5. The molecule has 1 heterocycles. The number of hydrogen-bond acceptors (Lipinski definition) is 2. The Labute approximate surface area is 68.7 Å². The Balaban J connectivity index is 2.32. The van der Waals surface area contributed by atoms with Gasteiger partial charge in [-0.25, -0.2) is 5.32 Å². The Hall–Kier alpha value is -0.120. The Morgan fingerprint density at radius 3 is 3.18 bits per heavy atom. The van der Waals surface area contributed by atoms with Crippen molar-refractivity contribution in [2.45, 2.75) is 12.5 Å². The molecule has 1 fully saturated rings. The van der Waals surface area contributed by atoms with Crippen LogP contribution >= 0.6 is 0 Å². The van der Waals surface area contributed by atoms with Crippen molar-refractivity contribution in [3.8, 4) is 0 Å². The van der Waals surface area contributed by atoms with Crippen molar-refractivity contribution in [1.29, 1.82) is 0 Å². The minimum absolute atomic E-state index is 0.502. The van der Waals surface area contributed by atoms with E-state index in [9.17, 15) is 0 Å². The van der Waals surface area contributed by atoms with E-state index < -0.39 is 0 Å². The van der Waals surface area contributed by atoms with Gasteiger partial charge in [0.1, 0.15) is 0 Å². The Kier molecular flexibility index (Phi) is 3.83. The molecule has 0 aliphatic carbocycles. The third-order valence-corrected chi connectivity index (χ3v) is 2.15. The average Bonchev–Trinajstić information content (AvgIpc) is 2.18. The van der Waals surface area contributed by atoms with Crippen molar-refractivity contribution in [2.75, 3.05) is 40.4 Å². The zero-order valence-corrected chi connectivity index (χ0v) is 7.42. The molecule has 1 rings (SSSR count). The molecule has 0 amide bonds. The molecular weight excluding hydrogens is 140 g/mol. The second-order valence-corrected chi connectivity index (χ2v) is 3.07. The summed E-state index contributed by atoms with van der Waals surface area (Å²) in [7, 11) is 3.89. The van der Waals surface area contributed by atoms with E-state index in [0.29, 0.717) is 6.04 Å². The van der Waals surface area contributed by atoms with Gasteiger partial charge in [0.2, 0.25) is 0 Å². The van der Waals surface area contributed by atoms with E-state index >= 15 is 0 Å². The summed E-state index contributed by atoms with van der Waals surface area (Å²) < 4.78 is 5.11. The standard InChI is InChI=1S/C8H17N2O/c1-10-5-3-4-9-6-8(10)7-11-2/h8H,3-7H2,1-2H3. The third kappa shape index (κ3) is 2.77. The molecule has 0 aromatic rings. The van der Waals surface area contributed by atoms with Crippen LogP contribution in [0.1, 0.15) is 6.42 Å². The van der Waals surface area contributed by atoms with Gasteiger partial charge >= 0.3 is 0 Å². The average molecular weight is 157 g/mol. The molecule has 1 saturated heterocycles. The Bertz CT molecular complexity index is 108. The molecule has 0 bridgehead atoms. The first-order valence-electron chi connectivity index (χ1n) is 4.17. The predicted molar refractivity (Wildman–Crippen MR) is 44.8 cm³/mol. The van der Waals surface area contributed by atoms with Crippen molar-refractivity contribution < 1.29 is 4.74 Å². The smallest absolute Gasteiger partial charge is 0.0630 e. The van der Waals surface area contributed by atoms with Gasteiger partial charge in [-0.3, -0.25) is 4.90 Å². The van der Waals surface area contributed by atoms with Crippen molar-refractivity contribution in [1.82, 2.24) is 10.2 Å². The van der Waals surface area contributed by atoms with Crippen LogP contribution in [0.3, 0.4) is 0 Å². The summed E-state index contributed by atoms with van der Waals surface area (Å²) >= 11 is 0. The lowest BCUT2D eigenvalue weighted by molar-refractivity contribution is 0.112. The Morgan fingerprint density at radius 1 is 1.64 bits per heavy atom. The molecule has 3 nitrogen and oxygen atoms in total. The normalized spacial score (nSPS) is 28.4. The highest BCUT2D eigenvalue weighted by Crippen LogP contribution is 2.01. The molecule has 0 spiro atoms. The van der Waals surface area contributed by atoms with Gasteiger partial charge in [-0.05, 0) is 20.0 Å². The summed E-state index contributed by atoms with van der Waals surface area (Å²) in [5.41, 5.74) is 0.